The first-order valence-electron chi connectivity index (χ1n) is 6.74. The minimum Gasteiger partial charge on any atom is -0.326 e. The van der Waals surface area contributed by atoms with Crippen LogP contribution < -0.4 is 5.73 Å². The molecule has 0 spiro atoms. The Kier molecular flexibility index (Phi) is 5.58. The van der Waals surface area contributed by atoms with Crippen LogP contribution in [0, 0.1) is 0 Å². The lowest BCUT2D eigenvalue weighted by Crippen LogP contribution is -2.39. The Morgan fingerprint density at radius 1 is 1.21 bits per heavy atom. The monoisotopic (exact) mass is 294 g/mol. The summed E-state index contributed by atoms with van der Waals surface area (Å²) in [6, 6.07) is 9.18. The van der Waals surface area contributed by atoms with Gasteiger partial charge in [0.2, 0.25) is 0 Å². The van der Waals surface area contributed by atoms with Crippen LogP contribution in [-0.2, 0) is 6.42 Å². The third-order valence-electron chi connectivity index (χ3n) is 3.48. The van der Waals surface area contributed by atoms with Gasteiger partial charge in [-0.05, 0) is 42.8 Å². The highest BCUT2D eigenvalue weighted by atomic mass is 32.1. The molecule has 2 rings (SSSR count). The van der Waals surface area contributed by atoms with E-state index in [1.165, 1.54) is 9.75 Å². The van der Waals surface area contributed by atoms with Crippen molar-refractivity contribution in [1.29, 1.82) is 0 Å². The van der Waals surface area contributed by atoms with Crippen LogP contribution in [0.4, 0.5) is 0 Å². The second-order valence-corrected chi connectivity index (χ2v) is 6.85. The Morgan fingerprint density at radius 3 is 2.53 bits per heavy atom. The van der Waals surface area contributed by atoms with Gasteiger partial charge in [0, 0.05) is 22.3 Å². The molecule has 0 fully saturated rings. The molecule has 2 aromatic heterocycles. The van der Waals surface area contributed by atoms with Gasteiger partial charge in [-0.25, -0.2) is 0 Å². The average molecular weight is 294 g/mol. The van der Waals surface area contributed by atoms with Crippen molar-refractivity contribution < 1.29 is 0 Å². The zero-order chi connectivity index (χ0) is 13.7. The number of rotatable bonds is 7. The van der Waals surface area contributed by atoms with E-state index in [9.17, 15) is 0 Å². The van der Waals surface area contributed by atoms with Gasteiger partial charge in [0.25, 0.3) is 0 Å². The summed E-state index contributed by atoms with van der Waals surface area (Å²) in [4.78, 5) is 5.23. The zero-order valence-electron chi connectivity index (χ0n) is 11.6. The van der Waals surface area contributed by atoms with Gasteiger partial charge in [-0.1, -0.05) is 19.1 Å². The quantitative estimate of drug-likeness (QED) is 0.842. The normalized spacial score (nSPS) is 14.7. The van der Waals surface area contributed by atoms with E-state index < -0.39 is 0 Å². The molecule has 2 atom stereocenters. The molecule has 0 aliphatic heterocycles. The van der Waals surface area contributed by atoms with Crippen LogP contribution >= 0.6 is 22.7 Å². The first-order chi connectivity index (χ1) is 9.22. The molecule has 0 aliphatic carbocycles. The number of hydrogen-bond donors (Lipinski definition) is 1. The van der Waals surface area contributed by atoms with Crippen molar-refractivity contribution >= 4 is 22.7 Å². The Balaban J connectivity index is 2.01. The van der Waals surface area contributed by atoms with Gasteiger partial charge in [0.1, 0.15) is 0 Å². The highest BCUT2D eigenvalue weighted by molar-refractivity contribution is 7.10. The molecule has 2 heterocycles. The van der Waals surface area contributed by atoms with Crippen LogP contribution in [0.1, 0.15) is 29.1 Å². The number of likely N-dealkylation sites (N-methyl/N-ethyl adjacent to an activating group) is 1. The Morgan fingerprint density at radius 2 is 1.95 bits per heavy atom. The summed E-state index contributed by atoms with van der Waals surface area (Å²) in [5.74, 6) is 0. The van der Waals surface area contributed by atoms with Gasteiger partial charge < -0.3 is 5.73 Å². The first kappa shape index (κ1) is 14.7. The summed E-state index contributed by atoms with van der Waals surface area (Å²) in [6.45, 7) is 3.22. The van der Waals surface area contributed by atoms with E-state index in [-0.39, 0.29) is 6.04 Å². The maximum atomic E-state index is 6.33. The Hall–Kier alpha value is -0.680. The minimum absolute atomic E-state index is 0.201. The maximum absolute atomic E-state index is 6.33. The summed E-state index contributed by atoms with van der Waals surface area (Å²) in [7, 11) is 2.19. The lowest BCUT2D eigenvalue weighted by Gasteiger charge is -2.31. The van der Waals surface area contributed by atoms with E-state index in [2.05, 4.69) is 53.9 Å². The molecule has 0 saturated carbocycles. The maximum Gasteiger partial charge on any atom is 0.0591 e. The Bertz CT molecular complexity index is 450. The molecule has 0 radical (unpaired) electrons. The fourth-order valence-electron chi connectivity index (χ4n) is 2.32. The molecule has 2 unspecified atom stereocenters. The largest absolute Gasteiger partial charge is 0.326 e. The Labute approximate surface area is 123 Å². The number of nitrogens with zero attached hydrogens (tertiary/aromatic N) is 1. The van der Waals surface area contributed by atoms with E-state index >= 15 is 0 Å². The van der Waals surface area contributed by atoms with Crippen molar-refractivity contribution in [3.8, 4) is 0 Å². The third-order valence-corrected chi connectivity index (χ3v) is 5.36. The lowest BCUT2D eigenvalue weighted by atomic mass is 10.0. The molecule has 0 bridgehead atoms. The molecule has 0 amide bonds. The molecule has 104 valence electrons. The SMILES string of the molecule is CCC(N)C(c1cccs1)N(C)CCc1cccs1. The average Bonchev–Trinajstić information content (AvgIpc) is 3.09. The number of nitrogens with two attached hydrogens (primary N) is 1. The summed E-state index contributed by atoms with van der Waals surface area (Å²) in [5, 5.41) is 4.28. The van der Waals surface area contributed by atoms with Crippen LogP contribution in [0.25, 0.3) is 0 Å². The predicted molar refractivity (Wildman–Crippen MR) is 86.0 cm³/mol. The van der Waals surface area contributed by atoms with E-state index in [0.29, 0.717) is 6.04 Å². The molecule has 0 aromatic carbocycles. The molecule has 2 N–H and O–H groups in total. The van der Waals surface area contributed by atoms with Crippen molar-refractivity contribution in [3.63, 3.8) is 0 Å². The van der Waals surface area contributed by atoms with Crippen molar-refractivity contribution in [1.82, 2.24) is 4.90 Å². The van der Waals surface area contributed by atoms with Crippen molar-refractivity contribution in [3.05, 3.63) is 44.8 Å². The van der Waals surface area contributed by atoms with Gasteiger partial charge in [-0.3, -0.25) is 4.90 Å². The van der Waals surface area contributed by atoms with Crippen LogP contribution in [-0.4, -0.2) is 24.5 Å². The molecule has 0 aliphatic rings. The lowest BCUT2D eigenvalue weighted by molar-refractivity contribution is 0.215. The fourth-order valence-corrected chi connectivity index (χ4v) is 3.98. The van der Waals surface area contributed by atoms with E-state index in [1.54, 1.807) is 0 Å². The summed E-state index contributed by atoms with van der Waals surface area (Å²) in [5.41, 5.74) is 6.33. The van der Waals surface area contributed by atoms with Crippen LogP contribution in [0.2, 0.25) is 0 Å². The summed E-state index contributed by atoms with van der Waals surface area (Å²) in [6.07, 6.45) is 2.11. The van der Waals surface area contributed by atoms with Gasteiger partial charge in [0.15, 0.2) is 0 Å². The highest BCUT2D eigenvalue weighted by Crippen LogP contribution is 2.28. The smallest absolute Gasteiger partial charge is 0.0591 e. The van der Waals surface area contributed by atoms with Gasteiger partial charge >= 0.3 is 0 Å². The van der Waals surface area contributed by atoms with E-state index in [1.807, 2.05) is 22.7 Å². The third kappa shape index (κ3) is 3.89. The van der Waals surface area contributed by atoms with Crippen LogP contribution in [0.15, 0.2) is 35.0 Å². The van der Waals surface area contributed by atoms with Crippen molar-refractivity contribution in [2.45, 2.75) is 31.8 Å². The second kappa shape index (κ2) is 7.20. The van der Waals surface area contributed by atoms with E-state index in [4.69, 9.17) is 5.73 Å². The van der Waals surface area contributed by atoms with Gasteiger partial charge in [0.05, 0.1) is 6.04 Å². The predicted octanol–water partition coefficient (Wildman–Crippen LogP) is 3.76. The highest BCUT2D eigenvalue weighted by Gasteiger charge is 2.23. The molecular formula is C15H22N2S2. The van der Waals surface area contributed by atoms with Crippen LogP contribution in [0.5, 0.6) is 0 Å². The first-order valence-corrected chi connectivity index (χ1v) is 8.50. The number of hydrogen-bond acceptors (Lipinski definition) is 4. The van der Waals surface area contributed by atoms with Crippen molar-refractivity contribution in [2.24, 2.45) is 5.73 Å². The van der Waals surface area contributed by atoms with Gasteiger partial charge in [-0.15, -0.1) is 22.7 Å². The van der Waals surface area contributed by atoms with Crippen molar-refractivity contribution in [2.75, 3.05) is 13.6 Å². The zero-order valence-corrected chi connectivity index (χ0v) is 13.2. The number of thiophene rings is 2. The molecule has 4 heteroatoms. The van der Waals surface area contributed by atoms with Gasteiger partial charge in [-0.2, -0.15) is 0 Å². The fraction of sp³-hybridized carbons (Fsp3) is 0.467. The molecule has 0 saturated heterocycles. The second-order valence-electron chi connectivity index (χ2n) is 4.84. The molecule has 2 nitrogen and oxygen atoms in total. The molecule has 2 aromatic rings. The standard InChI is InChI=1S/C15H22N2S2/c1-3-13(16)15(14-7-5-11-19-14)17(2)9-8-12-6-4-10-18-12/h4-7,10-11,13,15H,3,8-9,16H2,1-2H3. The van der Waals surface area contributed by atoms with Crippen LogP contribution in [0.3, 0.4) is 0 Å². The molecular weight excluding hydrogens is 272 g/mol. The molecule has 19 heavy (non-hydrogen) atoms. The minimum atomic E-state index is 0.201. The van der Waals surface area contributed by atoms with E-state index in [0.717, 1.165) is 19.4 Å². The topological polar surface area (TPSA) is 29.3 Å². The summed E-state index contributed by atoms with van der Waals surface area (Å²) < 4.78 is 0. The summed E-state index contributed by atoms with van der Waals surface area (Å²) >= 11 is 3.64.